The number of hydrogen-bond donors (Lipinski definition) is 2. The van der Waals surface area contributed by atoms with Gasteiger partial charge < -0.3 is 9.73 Å². The van der Waals surface area contributed by atoms with Crippen LogP contribution in [0.4, 0.5) is 4.39 Å². The summed E-state index contributed by atoms with van der Waals surface area (Å²) in [5.74, 6) is -1.67. The van der Waals surface area contributed by atoms with Crippen molar-refractivity contribution < 1.29 is 18.4 Å². The van der Waals surface area contributed by atoms with E-state index in [0.717, 1.165) is 6.07 Å². The van der Waals surface area contributed by atoms with E-state index in [1.54, 1.807) is 12.1 Å². The highest BCUT2D eigenvalue weighted by atomic mass is 35.5. The van der Waals surface area contributed by atoms with Crippen LogP contribution in [0.5, 0.6) is 0 Å². The molecule has 0 spiro atoms. The van der Waals surface area contributed by atoms with Crippen LogP contribution in [0.1, 0.15) is 16.1 Å². The average Bonchev–Trinajstić information content (AvgIpc) is 2.98. The minimum atomic E-state index is -0.784. The number of furan rings is 1. The number of amides is 2. The molecular weight excluding hydrogens is 313 g/mol. The van der Waals surface area contributed by atoms with Crippen LogP contribution in [0.15, 0.2) is 46.1 Å². The van der Waals surface area contributed by atoms with Gasteiger partial charge in [-0.05, 0) is 24.3 Å². The maximum absolute atomic E-state index is 13.5. The molecule has 0 bridgehead atoms. The molecule has 2 N–H and O–H groups in total. The molecule has 1 aromatic carbocycles. The Labute approximate surface area is 129 Å². The van der Waals surface area contributed by atoms with E-state index in [1.807, 2.05) is 0 Å². The molecule has 0 unspecified atom stereocenters. The van der Waals surface area contributed by atoms with E-state index < -0.39 is 17.6 Å². The largest absolute Gasteiger partial charge is 0.463 e. The van der Waals surface area contributed by atoms with E-state index in [4.69, 9.17) is 16.0 Å². The third-order valence-corrected chi connectivity index (χ3v) is 2.84. The highest BCUT2D eigenvalue weighted by Crippen LogP contribution is 2.18. The molecule has 0 aliphatic heterocycles. The summed E-state index contributed by atoms with van der Waals surface area (Å²) in [5.41, 5.74) is 1.88. The molecule has 0 atom stereocenters. The van der Waals surface area contributed by atoms with E-state index >= 15 is 0 Å². The molecule has 6 nitrogen and oxygen atoms in total. The normalized spacial score (nSPS) is 10.6. The molecule has 2 amide bonds. The Morgan fingerprint density at radius 1 is 1.32 bits per heavy atom. The summed E-state index contributed by atoms with van der Waals surface area (Å²) in [6.07, 6.45) is 2.76. The fourth-order valence-corrected chi connectivity index (χ4v) is 1.78. The summed E-state index contributed by atoms with van der Waals surface area (Å²) in [5, 5.41) is 5.85. The van der Waals surface area contributed by atoms with Crippen LogP contribution in [0.3, 0.4) is 0 Å². The van der Waals surface area contributed by atoms with Crippen molar-refractivity contribution >= 4 is 29.6 Å². The van der Waals surface area contributed by atoms with Crippen molar-refractivity contribution in [3.63, 3.8) is 0 Å². The first-order valence-corrected chi connectivity index (χ1v) is 6.53. The number of benzene rings is 1. The van der Waals surface area contributed by atoms with E-state index in [0.29, 0.717) is 5.76 Å². The zero-order valence-electron chi connectivity index (χ0n) is 11.2. The van der Waals surface area contributed by atoms with Gasteiger partial charge in [-0.1, -0.05) is 17.7 Å². The Morgan fingerprint density at radius 3 is 2.82 bits per heavy atom. The molecule has 0 saturated carbocycles. The fourth-order valence-electron chi connectivity index (χ4n) is 1.54. The van der Waals surface area contributed by atoms with Crippen LogP contribution >= 0.6 is 11.6 Å². The third-order valence-electron chi connectivity index (χ3n) is 2.52. The van der Waals surface area contributed by atoms with E-state index in [2.05, 4.69) is 15.8 Å². The number of nitrogens with zero attached hydrogens (tertiary/aromatic N) is 1. The number of halogens is 2. The second-order valence-electron chi connectivity index (χ2n) is 4.09. The van der Waals surface area contributed by atoms with Gasteiger partial charge in [0.15, 0.2) is 0 Å². The predicted octanol–water partition coefficient (Wildman–Crippen LogP) is 1.95. The van der Waals surface area contributed by atoms with Crippen LogP contribution in [0.2, 0.25) is 5.02 Å². The van der Waals surface area contributed by atoms with Crippen LogP contribution < -0.4 is 10.7 Å². The van der Waals surface area contributed by atoms with Crippen LogP contribution in [-0.2, 0) is 4.79 Å². The Morgan fingerprint density at radius 2 is 2.14 bits per heavy atom. The van der Waals surface area contributed by atoms with Gasteiger partial charge in [-0.2, -0.15) is 5.10 Å². The van der Waals surface area contributed by atoms with Gasteiger partial charge in [-0.15, -0.1) is 0 Å². The van der Waals surface area contributed by atoms with Crippen molar-refractivity contribution in [3.8, 4) is 0 Å². The number of hydrogen-bond acceptors (Lipinski definition) is 4. The second kappa shape index (κ2) is 7.37. The second-order valence-corrected chi connectivity index (χ2v) is 4.50. The molecular formula is C14H11ClFN3O3. The van der Waals surface area contributed by atoms with Crippen molar-refractivity contribution in [3.05, 3.63) is 58.8 Å². The zero-order valence-corrected chi connectivity index (χ0v) is 11.9. The van der Waals surface area contributed by atoms with Crippen molar-refractivity contribution in [1.29, 1.82) is 0 Å². The van der Waals surface area contributed by atoms with Gasteiger partial charge in [0, 0.05) is 0 Å². The molecule has 2 aromatic rings. The van der Waals surface area contributed by atoms with Gasteiger partial charge in [0.25, 0.3) is 11.8 Å². The summed E-state index contributed by atoms with van der Waals surface area (Å²) in [6, 6.07) is 7.19. The average molecular weight is 324 g/mol. The van der Waals surface area contributed by atoms with Gasteiger partial charge in [0.2, 0.25) is 0 Å². The molecule has 0 saturated heterocycles. The summed E-state index contributed by atoms with van der Waals surface area (Å²) in [7, 11) is 0. The maximum Gasteiger partial charge on any atom is 0.259 e. The van der Waals surface area contributed by atoms with E-state index in [1.165, 1.54) is 24.6 Å². The van der Waals surface area contributed by atoms with Gasteiger partial charge in [0.05, 0.1) is 29.6 Å². The molecule has 0 fully saturated rings. The van der Waals surface area contributed by atoms with Gasteiger partial charge in [-0.25, -0.2) is 9.82 Å². The number of carbonyl (C=O) groups is 2. The molecule has 1 aromatic heterocycles. The van der Waals surface area contributed by atoms with Crippen molar-refractivity contribution in [2.45, 2.75) is 0 Å². The van der Waals surface area contributed by atoms with Gasteiger partial charge in [0.1, 0.15) is 11.6 Å². The first-order chi connectivity index (χ1) is 10.6. The van der Waals surface area contributed by atoms with Crippen LogP contribution in [0.25, 0.3) is 0 Å². The van der Waals surface area contributed by atoms with Crippen LogP contribution in [-0.4, -0.2) is 24.6 Å². The number of hydrazone groups is 1. The predicted molar refractivity (Wildman–Crippen MR) is 78.2 cm³/mol. The lowest BCUT2D eigenvalue weighted by Crippen LogP contribution is -2.35. The number of carbonyl (C=O) groups excluding carboxylic acids is 2. The third kappa shape index (κ3) is 4.16. The highest BCUT2D eigenvalue weighted by molar-refractivity contribution is 6.33. The summed E-state index contributed by atoms with van der Waals surface area (Å²) < 4.78 is 18.5. The quantitative estimate of drug-likeness (QED) is 0.651. The summed E-state index contributed by atoms with van der Waals surface area (Å²) >= 11 is 5.75. The molecule has 0 aliphatic rings. The Hall–Kier alpha value is -2.67. The Bertz CT molecular complexity index is 681. The summed E-state index contributed by atoms with van der Waals surface area (Å²) in [6.45, 7) is -0.376. The first-order valence-electron chi connectivity index (χ1n) is 6.15. The molecule has 22 heavy (non-hydrogen) atoms. The van der Waals surface area contributed by atoms with Gasteiger partial charge in [-0.3, -0.25) is 9.59 Å². The number of nitrogens with one attached hydrogen (secondary N) is 2. The molecule has 1 heterocycles. The topological polar surface area (TPSA) is 83.7 Å². The molecule has 114 valence electrons. The maximum atomic E-state index is 13.5. The number of rotatable bonds is 5. The minimum absolute atomic E-state index is 0.0336. The Kier molecular flexibility index (Phi) is 5.26. The van der Waals surface area contributed by atoms with Gasteiger partial charge >= 0.3 is 0 Å². The lowest BCUT2D eigenvalue weighted by molar-refractivity contribution is -0.120. The Balaban J connectivity index is 1.84. The van der Waals surface area contributed by atoms with Crippen molar-refractivity contribution in [2.75, 3.05) is 6.54 Å². The lowest BCUT2D eigenvalue weighted by Gasteiger charge is -2.06. The molecule has 0 radical (unpaired) electrons. The molecule has 8 heteroatoms. The fraction of sp³-hybridized carbons (Fsp3) is 0.0714. The smallest absolute Gasteiger partial charge is 0.259 e. The lowest BCUT2D eigenvalue weighted by atomic mass is 10.2. The summed E-state index contributed by atoms with van der Waals surface area (Å²) in [4.78, 5) is 23.3. The van der Waals surface area contributed by atoms with Crippen molar-refractivity contribution in [2.24, 2.45) is 5.10 Å². The van der Waals surface area contributed by atoms with E-state index in [-0.39, 0.29) is 17.1 Å². The minimum Gasteiger partial charge on any atom is -0.463 e. The monoisotopic (exact) mass is 323 g/mol. The first kappa shape index (κ1) is 15.7. The SMILES string of the molecule is O=C(CNC(=O)c1c(F)cccc1Cl)N/N=C/c1ccco1. The van der Waals surface area contributed by atoms with Crippen molar-refractivity contribution in [1.82, 2.24) is 10.7 Å². The zero-order chi connectivity index (χ0) is 15.9. The highest BCUT2D eigenvalue weighted by Gasteiger charge is 2.16. The molecule has 2 rings (SSSR count). The van der Waals surface area contributed by atoms with E-state index in [9.17, 15) is 14.0 Å². The van der Waals surface area contributed by atoms with Crippen LogP contribution in [0, 0.1) is 5.82 Å². The molecule has 0 aliphatic carbocycles. The standard InChI is InChI=1S/C14H11ClFN3O3/c15-10-4-1-5-11(16)13(10)14(21)17-8-12(20)19-18-7-9-3-2-6-22-9/h1-7H,8H2,(H,17,21)(H,19,20)/b18-7+.